The van der Waals surface area contributed by atoms with Crippen LogP contribution in [0.25, 0.3) is 0 Å². The summed E-state index contributed by atoms with van der Waals surface area (Å²) in [7, 11) is 0. The summed E-state index contributed by atoms with van der Waals surface area (Å²) in [5.41, 5.74) is 2.37. The average molecular weight is 566 g/mol. The number of aromatic hydroxyl groups is 1. The number of rotatable bonds is 18. The van der Waals surface area contributed by atoms with E-state index in [2.05, 4.69) is 43.1 Å². The van der Waals surface area contributed by atoms with Crippen LogP contribution in [-0.4, -0.2) is 60.9 Å². The minimum Gasteiger partial charge on any atom is -0.592 e. The van der Waals surface area contributed by atoms with E-state index in [4.69, 9.17) is 14.5 Å². The molecule has 0 spiro atoms. The van der Waals surface area contributed by atoms with Crippen LogP contribution in [0.5, 0.6) is 11.5 Å². The summed E-state index contributed by atoms with van der Waals surface area (Å²) < 4.78 is 12.3. The maximum Gasteiger partial charge on any atom is 0.176 e. The highest BCUT2D eigenvalue weighted by Crippen LogP contribution is 2.37. The average Bonchev–Trinajstić information content (AvgIpc) is 3.75. The van der Waals surface area contributed by atoms with Crippen LogP contribution < -0.4 is 15.4 Å². The summed E-state index contributed by atoms with van der Waals surface area (Å²) >= 11 is 0. The van der Waals surface area contributed by atoms with Crippen molar-refractivity contribution >= 4 is 6.21 Å². The number of ether oxygens (including phenoxy) is 2. The molecule has 1 fully saturated rings. The molecule has 7 heteroatoms. The number of aliphatic hydroxyl groups is 1. The van der Waals surface area contributed by atoms with Crippen LogP contribution in [-0.2, 0) is 11.2 Å². The van der Waals surface area contributed by atoms with Gasteiger partial charge in [-0.3, -0.25) is 5.32 Å². The lowest BCUT2D eigenvalue weighted by molar-refractivity contribution is 0.147. The van der Waals surface area contributed by atoms with E-state index in [0.717, 1.165) is 49.7 Å². The third kappa shape index (κ3) is 9.45. The van der Waals surface area contributed by atoms with E-state index in [1.807, 2.05) is 25.3 Å². The number of unbranched alkanes of at least 4 members (excludes halogenated alkanes) is 1. The highest BCUT2D eigenvalue weighted by atomic mass is 16.5. The van der Waals surface area contributed by atoms with E-state index in [1.165, 1.54) is 44.1 Å². The summed E-state index contributed by atoms with van der Waals surface area (Å²) in [5, 5.41) is 27.2. The first-order valence-corrected chi connectivity index (χ1v) is 15.9. The summed E-state index contributed by atoms with van der Waals surface area (Å²) in [6.07, 6.45) is 18.5. The molecular weight excluding hydrogens is 514 g/mol. The van der Waals surface area contributed by atoms with Gasteiger partial charge in [-0.15, -0.1) is 4.99 Å². The Hall–Kier alpha value is -2.61. The first-order valence-electron chi connectivity index (χ1n) is 15.9. The lowest BCUT2D eigenvalue weighted by Crippen LogP contribution is -2.38. The second-order valence-electron chi connectivity index (χ2n) is 11.8. The van der Waals surface area contributed by atoms with Crippen molar-refractivity contribution in [3.05, 3.63) is 59.7 Å². The van der Waals surface area contributed by atoms with Crippen LogP contribution in [0.4, 0.5) is 0 Å². The molecule has 4 atom stereocenters. The molecule has 1 saturated carbocycles. The maximum atomic E-state index is 10.5. The Morgan fingerprint density at radius 3 is 2.78 bits per heavy atom. The molecule has 0 amide bonds. The van der Waals surface area contributed by atoms with Gasteiger partial charge in [0.25, 0.3) is 0 Å². The van der Waals surface area contributed by atoms with E-state index in [-0.39, 0.29) is 24.0 Å². The number of aliphatic hydroxyl groups excluding tert-OH is 1. The fraction of sp³-hybridized carbons (Fsp3) is 0.618. The molecular formula is C34H51N3O4. The molecule has 1 aromatic rings. The van der Waals surface area contributed by atoms with Crippen molar-refractivity contribution < 1.29 is 19.7 Å². The van der Waals surface area contributed by atoms with Crippen molar-refractivity contribution in [3.8, 4) is 11.5 Å². The predicted octanol–water partition coefficient (Wildman–Crippen LogP) is 5.68. The van der Waals surface area contributed by atoms with Crippen molar-refractivity contribution in [2.75, 3.05) is 26.2 Å². The molecule has 226 valence electrons. The Kier molecular flexibility index (Phi) is 12.3. The SMILES string of the molecule is CCCCC1[CH-]C=C(CCc2ccc(O)c(OC[C@H](NCC)[C+]3C=C([C@H](CNC[C@H](C)O)C4CCCC4)C=N3)c2)O1. The van der Waals surface area contributed by atoms with Gasteiger partial charge < -0.3 is 25.0 Å². The zero-order valence-corrected chi connectivity index (χ0v) is 25.3. The van der Waals surface area contributed by atoms with E-state index in [1.54, 1.807) is 6.07 Å². The van der Waals surface area contributed by atoms with Crippen LogP contribution in [0.1, 0.15) is 77.7 Å². The number of aliphatic imine (C=N–C) groups is 1. The van der Waals surface area contributed by atoms with Crippen molar-refractivity contribution in [2.24, 2.45) is 16.8 Å². The number of aryl methyl sites for hydroxylation is 1. The largest absolute Gasteiger partial charge is 0.592 e. The van der Waals surface area contributed by atoms with Crippen molar-refractivity contribution in [1.82, 2.24) is 10.6 Å². The lowest BCUT2D eigenvalue weighted by Gasteiger charge is -2.21. The first-order chi connectivity index (χ1) is 20.0. The molecule has 0 saturated heterocycles. The molecule has 0 bridgehead atoms. The van der Waals surface area contributed by atoms with Gasteiger partial charge in [-0.2, -0.15) is 12.5 Å². The third-order valence-corrected chi connectivity index (χ3v) is 8.42. The molecule has 1 aliphatic carbocycles. The van der Waals surface area contributed by atoms with E-state index in [9.17, 15) is 10.2 Å². The molecule has 0 radical (unpaired) electrons. The Labute approximate surface area is 247 Å². The van der Waals surface area contributed by atoms with Gasteiger partial charge in [0.05, 0.1) is 18.1 Å². The van der Waals surface area contributed by atoms with E-state index < -0.39 is 0 Å². The number of hydrogen-bond acceptors (Lipinski definition) is 7. The number of nitrogens with zero attached hydrogens (tertiary/aromatic N) is 1. The van der Waals surface area contributed by atoms with Gasteiger partial charge in [0.15, 0.2) is 23.8 Å². The topological polar surface area (TPSA) is 95.3 Å². The van der Waals surface area contributed by atoms with Gasteiger partial charge in [-0.05, 0) is 62.8 Å². The normalized spacial score (nSPS) is 20.9. The van der Waals surface area contributed by atoms with Crippen LogP contribution in [0.3, 0.4) is 0 Å². The summed E-state index contributed by atoms with van der Waals surface area (Å²) in [4.78, 5) is 4.82. The quantitative estimate of drug-likeness (QED) is 0.171. The smallest absolute Gasteiger partial charge is 0.176 e. The molecule has 41 heavy (non-hydrogen) atoms. The van der Waals surface area contributed by atoms with Crippen LogP contribution in [0.2, 0.25) is 0 Å². The minimum absolute atomic E-state index is 0.0842. The Morgan fingerprint density at radius 1 is 1.20 bits per heavy atom. The molecule has 3 aliphatic rings. The minimum atomic E-state index is -0.354. The molecule has 4 rings (SSSR count). The number of allylic oxidation sites excluding steroid dienone is 1. The number of benzene rings is 1. The zero-order chi connectivity index (χ0) is 29.0. The second-order valence-corrected chi connectivity index (χ2v) is 11.8. The number of hydrogen-bond donors (Lipinski definition) is 4. The van der Waals surface area contributed by atoms with E-state index >= 15 is 0 Å². The number of phenolic OH excluding ortho intramolecular Hbond substituents is 1. The molecule has 1 unspecified atom stereocenters. The molecule has 7 nitrogen and oxygen atoms in total. The standard InChI is InChI=1S/C34H51N3O4/c1-4-6-11-28-15-16-29(41-28)14-12-25-13-17-33(39)34(18-25)40-23-32(36-5-2)31-19-27(21-37-31)30(22-35-20-24(3)38)26-9-7-8-10-26/h13,15-19,21,24,26,28,30,32,35-36,38-39H,4-12,14,20,22-23H2,1-3H3/t24-,28?,30+,32-/m0/s1. The van der Waals surface area contributed by atoms with Gasteiger partial charge in [0, 0.05) is 19.2 Å². The van der Waals surface area contributed by atoms with Crippen molar-refractivity contribution in [1.29, 1.82) is 0 Å². The van der Waals surface area contributed by atoms with Crippen molar-refractivity contribution in [2.45, 2.75) is 96.8 Å². The fourth-order valence-corrected chi connectivity index (χ4v) is 6.11. The number of likely N-dealkylation sites (N-methyl/N-ethyl adjacent to an activating group) is 1. The van der Waals surface area contributed by atoms with Gasteiger partial charge in [-0.1, -0.05) is 57.8 Å². The van der Waals surface area contributed by atoms with E-state index in [0.29, 0.717) is 30.7 Å². The fourth-order valence-electron chi connectivity index (χ4n) is 6.11. The van der Waals surface area contributed by atoms with Gasteiger partial charge in [0.2, 0.25) is 0 Å². The van der Waals surface area contributed by atoms with Gasteiger partial charge in [-0.25, -0.2) is 0 Å². The van der Waals surface area contributed by atoms with Crippen LogP contribution in [0.15, 0.2) is 46.7 Å². The van der Waals surface area contributed by atoms with Crippen molar-refractivity contribution in [3.63, 3.8) is 0 Å². The Bertz CT molecular complexity index is 1030. The summed E-state index contributed by atoms with van der Waals surface area (Å²) in [6.45, 7) is 8.72. The number of nitrogens with one attached hydrogen (secondary N) is 2. The predicted molar refractivity (Wildman–Crippen MR) is 166 cm³/mol. The van der Waals surface area contributed by atoms with Crippen LogP contribution in [0, 0.1) is 24.3 Å². The highest BCUT2D eigenvalue weighted by Gasteiger charge is 2.37. The Morgan fingerprint density at radius 2 is 2.02 bits per heavy atom. The zero-order valence-electron chi connectivity index (χ0n) is 25.3. The Balaban J connectivity index is 1.34. The molecule has 2 heterocycles. The van der Waals surface area contributed by atoms with Gasteiger partial charge in [0.1, 0.15) is 18.2 Å². The molecule has 2 aliphatic heterocycles. The lowest BCUT2D eigenvalue weighted by atomic mass is 9.84. The monoisotopic (exact) mass is 565 g/mol. The molecule has 1 aromatic carbocycles. The third-order valence-electron chi connectivity index (χ3n) is 8.42. The molecule has 0 aromatic heterocycles. The summed E-state index contributed by atoms with van der Waals surface area (Å²) in [5.74, 6) is 2.71. The van der Waals surface area contributed by atoms with Crippen LogP contribution >= 0.6 is 0 Å². The second kappa shape index (κ2) is 16.1. The van der Waals surface area contributed by atoms with Gasteiger partial charge >= 0.3 is 0 Å². The summed E-state index contributed by atoms with van der Waals surface area (Å²) in [6, 6.07) is 6.50. The molecule has 4 N–H and O–H groups in total. The highest BCUT2D eigenvalue weighted by molar-refractivity contribution is 5.84. The maximum absolute atomic E-state index is 10.5. The number of phenols is 1. The first kappa shape index (κ1) is 31.3.